The summed E-state index contributed by atoms with van der Waals surface area (Å²) in [5.74, 6) is 4.13. The summed E-state index contributed by atoms with van der Waals surface area (Å²) in [7, 11) is 0. The van der Waals surface area contributed by atoms with E-state index in [1.54, 1.807) is 0 Å². The van der Waals surface area contributed by atoms with Crippen molar-refractivity contribution in [2.45, 2.75) is 79.1 Å². The minimum absolute atomic E-state index is 0. The molecule has 0 spiro atoms. The number of hydrogen-bond donors (Lipinski definition) is 2. The second kappa shape index (κ2) is 18.9. The van der Waals surface area contributed by atoms with Crippen molar-refractivity contribution in [2.75, 3.05) is 26.4 Å². The molecular weight excluding hydrogens is 871 g/mol. The molecule has 3 aromatic heterocycles. The maximum atomic E-state index is 6.82. The molecule has 2 N–H and O–H groups in total. The molecule has 12 nitrogen and oxygen atoms in total. The van der Waals surface area contributed by atoms with E-state index in [9.17, 15) is 0 Å². The number of aromatic amines is 2. The summed E-state index contributed by atoms with van der Waals surface area (Å²) in [6.45, 7) is 10.5. The summed E-state index contributed by atoms with van der Waals surface area (Å²) in [5.41, 5.74) is 5.70. The van der Waals surface area contributed by atoms with Gasteiger partial charge in [0.2, 0.25) is 11.5 Å². The predicted molar refractivity (Wildman–Crippen MR) is 246 cm³/mol. The molecular formula is C48H52N8O4Sn. The average molecular weight is 924 g/mol. The molecule has 61 heavy (non-hydrogen) atoms. The fourth-order valence-corrected chi connectivity index (χ4v) is 7.60. The van der Waals surface area contributed by atoms with E-state index in [1.807, 2.05) is 72.8 Å². The normalized spacial score (nSPS) is 11.6. The number of H-pyrrole nitrogens is 2. The van der Waals surface area contributed by atoms with E-state index in [1.165, 1.54) is 0 Å². The molecule has 7 aromatic rings. The molecule has 0 aliphatic carbocycles. The van der Waals surface area contributed by atoms with Crippen molar-refractivity contribution in [3.8, 4) is 68.5 Å². The predicted octanol–water partition coefficient (Wildman–Crippen LogP) is 10.7. The van der Waals surface area contributed by atoms with Gasteiger partial charge in [0.25, 0.3) is 0 Å². The molecule has 5 heterocycles. The fraction of sp³-hybridized carbons (Fsp3) is 0.333. The van der Waals surface area contributed by atoms with Gasteiger partial charge in [0.05, 0.1) is 37.2 Å². The van der Waals surface area contributed by atoms with Gasteiger partial charge in [-0.05, 0) is 25.7 Å². The Morgan fingerprint density at radius 1 is 0.377 bits per heavy atom. The van der Waals surface area contributed by atoms with Crippen LogP contribution in [0.15, 0.2) is 72.8 Å². The maximum absolute atomic E-state index is 6.82. The molecule has 13 heteroatoms. The van der Waals surface area contributed by atoms with Crippen LogP contribution in [0.4, 0.5) is 0 Å². The Labute approximate surface area is 371 Å². The summed E-state index contributed by atoms with van der Waals surface area (Å²) in [5, 5.41) is 3.17. The van der Waals surface area contributed by atoms with Crippen LogP contribution in [-0.4, -0.2) is 90.2 Å². The molecule has 4 aromatic carbocycles. The quantitative estimate of drug-likeness (QED) is 0.0709. The van der Waals surface area contributed by atoms with Crippen LogP contribution in [0.2, 0.25) is 0 Å². The second-order valence-electron chi connectivity index (χ2n) is 15.1. The average Bonchev–Trinajstić information content (AvgIpc) is 4.01. The standard InChI is InChI=1S/C48H50N8O4.Sn.2H/c1-5-9-25-57-37-35-36(38(58-26-10-6-2)40(60-28-12-8-4)39(37)59-27-11-7-3)48-55-46-34-24-18-16-22-32(34)44(53-46)51-42-30-20-14-13-19-29(30)41(49-42)50-43-31-21-15-17-23-33(31)45(52-43)54-47(35)56-48;;;/h13-24H,5-12,25-28H2,1-4H3,(H2,49,50,51,52,53,54,55,56);;;. The molecule has 0 saturated heterocycles. The summed E-state index contributed by atoms with van der Waals surface area (Å²) in [6, 6.07) is 24.2. The summed E-state index contributed by atoms with van der Waals surface area (Å²) in [4.78, 5) is 38.4. The number of aromatic nitrogens is 8. The van der Waals surface area contributed by atoms with Gasteiger partial charge >= 0.3 is 23.9 Å². The summed E-state index contributed by atoms with van der Waals surface area (Å²) in [6.07, 6.45) is 7.23. The van der Waals surface area contributed by atoms with Gasteiger partial charge in [-0.1, -0.05) is 126 Å². The van der Waals surface area contributed by atoms with Crippen molar-refractivity contribution in [1.29, 1.82) is 0 Å². The van der Waals surface area contributed by atoms with Crippen molar-refractivity contribution < 1.29 is 18.9 Å². The van der Waals surface area contributed by atoms with Gasteiger partial charge < -0.3 is 28.9 Å². The Hall–Kier alpha value is -5.76. The first-order valence-electron chi connectivity index (χ1n) is 21.5. The molecule has 0 unspecified atom stereocenters. The molecule has 8 bridgehead atoms. The van der Waals surface area contributed by atoms with E-state index in [4.69, 9.17) is 48.9 Å². The first kappa shape index (κ1) is 42.0. The monoisotopic (exact) mass is 924 g/mol. The Kier molecular flexibility index (Phi) is 13.0. The third-order valence-corrected chi connectivity index (χ3v) is 10.8. The number of nitrogens with zero attached hydrogens (tertiary/aromatic N) is 6. The zero-order valence-electron chi connectivity index (χ0n) is 35.4. The van der Waals surface area contributed by atoms with E-state index in [-0.39, 0.29) is 23.9 Å². The molecule has 0 atom stereocenters. The first-order valence-corrected chi connectivity index (χ1v) is 21.5. The Bertz CT molecular complexity index is 2690. The first-order chi connectivity index (χ1) is 29.6. The zero-order valence-corrected chi connectivity index (χ0v) is 39.5. The van der Waals surface area contributed by atoms with E-state index in [0.29, 0.717) is 106 Å². The van der Waals surface area contributed by atoms with E-state index in [2.05, 4.69) is 37.7 Å². The van der Waals surface area contributed by atoms with Gasteiger partial charge in [-0.2, -0.15) is 0 Å². The van der Waals surface area contributed by atoms with Crippen molar-refractivity contribution >= 4 is 68.0 Å². The van der Waals surface area contributed by atoms with Gasteiger partial charge in [-0.25, -0.2) is 29.9 Å². The number of nitrogens with one attached hydrogen (secondary N) is 2. The molecule has 9 rings (SSSR count). The van der Waals surface area contributed by atoms with E-state index in [0.717, 1.165) is 84.4 Å². The van der Waals surface area contributed by atoms with Gasteiger partial charge in [0, 0.05) is 33.0 Å². The van der Waals surface area contributed by atoms with Gasteiger partial charge in [-0.15, -0.1) is 0 Å². The Morgan fingerprint density at radius 3 is 1.02 bits per heavy atom. The third kappa shape index (κ3) is 8.09. The molecule has 2 aliphatic heterocycles. The van der Waals surface area contributed by atoms with Crippen LogP contribution < -0.4 is 18.9 Å². The fourth-order valence-electron chi connectivity index (χ4n) is 7.60. The Morgan fingerprint density at radius 2 is 0.672 bits per heavy atom. The molecule has 2 aliphatic rings. The molecule has 312 valence electrons. The van der Waals surface area contributed by atoms with Crippen LogP contribution >= 0.6 is 0 Å². The van der Waals surface area contributed by atoms with E-state index >= 15 is 0 Å². The van der Waals surface area contributed by atoms with Crippen molar-refractivity contribution in [3.05, 3.63) is 72.8 Å². The van der Waals surface area contributed by atoms with Crippen molar-refractivity contribution in [1.82, 2.24) is 39.9 Å². The number of hydrogen-bond acceptors (Lipinski definition) is 10. The van der Waals surface area contributed by atoms with Crippen LogP contribution in [0.5, 0.6) is 23.0 Å². The van der Waals surface area contributed by atoms with Gasteiger partial charge in [0.15, 0.2) is 34.8 Å². The van der Waals surface area contributed by atoms with Crippen LogP contribution in [0.25, 0.3) is 89.7 Å². The minimum atomic E-state index is 0. The molecule has 0 fully saturated rings. The summed E-state index contributed by atoms with van der Waals surface area (Å²) >= 11 is 0. The Balaban J connectivity index is 0.00000514. The molecule has 0 amide bonds. The molecule has 2 radical (unpaired) electrons. The number of unbranched alkanes of at least 4 members (excludes halogenated alkanes) is 4. The summed E-state index contributed by atoms with van der Waals surface area (Å²) < 4.78 is 27.1. The van der Waals surface area contributed by atoms with Crippen LogP contribution in [0.1, 0.15) is 79.1 Å². The second-order valence-corrected chi connectivity index (χ2v) is 15.1. The number of benzene rings is 4. The number of rotatable bonds is 16. The number of fused-ring (bicyclic) bond motifs is 20. The third-order valence-electron chi connectivity index (χ3n) is 10.8. The van der Waals surface area contributed by atoms with Crippen molar-refractivity contribution in [2.24, 2.45) is 0 Å². The van der Waals surface area contributed by atoms with Gasteiger partial charge in [0.1, 0.15) is 22.6 Å². The SMILES string of the molecule is CCCCOc1c(OCCCC)c(OCCCC)c2c3nc4nc(nc5[nH]c(nc6nc(nc([nH]3)c2c1OCCCC)-c1ccccc1-6)c1ccccc51)-c1ccccc1-4.[SnH2]. The van der Waals surface area contributed by atoms with E-state index < -0.39 is 0 Å². The number of ether oxygens (including phenoxy) is 4. The topological polar surface area (TPSA) is 146 Å². The van der Waals surface area contributed by atoms with Crippen LogP contribution in [0, 0.1) is 0 Å². The van der Waals surface area contributed by atoms with Crippen molar-refractivity contribution in [3.63, 3.8) is 0 Å². The van der Waals surface area contributed by atoms with Crippen LogP contribution in [-0.2, 0) is 0 Å². The van der Waals surface area contributed by atoms with Gasteiger partial charge in [-0.3, -0.25) is 0 Å². The van der Waals surface area contributed by atoms with Crippen LogP contribution in [0.3, 0.4) is 0 Å². The molecule has 0 saturated carbocycles. The zero-order chi connectivity index (χ0) is 41.0.